The van der Waals surface area contributed by atoms with Gasteiger partial charge in [-0.3, -0.25) is 14.5 Å². The van der Waals surface area contributed by atoms with Crippen molar-refractivity contribution in [2.75, 3.05) is 46.3 Å². The predicted molar refractivity (Wildman–Crippen MR) is 153 cm³/mol. The Morgan fingerprint density at radius 1 is 0.974 bits per heavy atom. The summed E-state index contributed by atoms with van der Waals surface area (Å²) in [5, 5.41) is 8.34. The maximum absolute atomic E-state index is 14.3. The van der Waals surface area contributed by atoms with Crippen LogP contribution in [0.4, 0.5) is 4.39 Å². The molecule has 1 saturated heterocycles. The first kappa shape index (κ1) is 27.1. The molecule has 0 bridgehead atoms. The van der Waals surface area contributed by atoms with E-state index in [0.29, 0.717) is 17.1 Å². The van der Waals surface area contributed by atoms with Crippen molar-refractivity contribution in [3.8, 4) is 0 Å². The van der Waals surface area contributed by atoms with Gasteiger partial charge < -0.3 is 20.5 Å². The van der Waals surface area contributed by atoms with E-state index in [0.717, 1.165) is 54.5 Å². The average Bonchev–Trinajstić information content (AvgIpc) is 3.31. The Morgan fingerprint density at radius 3 is 2.56 bits per heavy atom. The number of piperazine rings is 1. The van der Waals surface area contributed by atoms with Crippen LogP contribution in [-0.4, -0.2) is 72.9 Å². The van der Waals surface area contributed by atoms with Gasteiger partial charge in [0.2, 0.25) is 11.8 Å². The first-order chi connectivity index (χ1) is 18.9. The number of likely N-dealkylation sites (N-methyl/N-ethyl adjacent to an activating group) is 1. The maximum Gasteiger partial charge on any atom is 0.228 e. The third kappa shape index (κ3) is 6.58. The number of carbonyl (C=O) groups is 2. The molecule has 204 valence electrons. The minimum Gasteiger partial charge on any atom is -0.355 e. The summed E-state index contributed by atoms with van der Waals surface area (Å²) in [5.41, 5.74) is 2.90. The smallest absolute Gasteiger partial charge is 0.228 e. The van der Waals surface area contributed by atoms with Crippen molar-refractivity contribution in [3.05, 3.63) is 82.6 Å². The standard InChI is InChI=1S/C30H33ClFN5O2/c1-36-12-14-37(15-13-36)11-10-33-29(38)18-25(30(39)34-19-21-16-22(31)7-9-26(21)32)20-6-8-24-23-4-2-3-5-27(23)35-28(24)17-20/h2-9,16-17,25,35H,10-15,18-19H2,1H3,(H,33,38)(H,34,39). The van der Waals surface area contributed by atoms with Crippen molar-refractivity contribution < 1.29 is 14.0 Å². The molecule has 1 fully saturated rings. The highest BCUT2D eigenvalue weighted by atomic mass is 35.5. The molecule has 3 N–H and O–H groups in total. The number of rotatable bonds is 9. The third-order valence-corrected chi connectivity index (χ3v) is 7.68. The van der Waals surface area contributed by atoms with E-state index in [-0.39, 0.29) is 30.3 Å². The van der Waals surface area contributed by atoms with Crippen LogP contribution in [0.3, 0.4) is 0 Å². The number of hydrogen-bond donors (Lipinski definition) is 3. The lowest BCUT2D eigenvalue weighted by atomic mass is 9.93. The molecule has 0 aliphatic carbocycles. The molecule has 3 aromatic carbocycles. The molecule has 0 radical (unpaired) electrons. The van der Waals surface area contributed by atoms with Crippen LogP contribution in [0.15, 0.2) is 60.7 Å². The number of benzene rings is 3. The molecule has 1 unspecified atom stereocenters. The van der Waals surface area contributed by atoms with Gasteiger partial charge in [0.1, 0.15) is 5.82 Å². The number of hydrogen-bond acceptors (Lipinski definition) is 4. The molecule has 4 aromatic rings. The van der Waals surface area contributed by atoms with Crippen molar-refractivity contribution in [1.82, 2.24) is 25.4 Å². The van der Waals surface area contributed by atoms with E-state index < -0.39 is 11.7 Å². The molecular weight excluding hydrogens is 517 g/mol. The highest BCUT2D eigenvalue weighted by Crippen LogP contribution is 2.29. The first-order valence-electron chi connectivity index (χ1n) is 13.3. The summed E-state index contributed by atoms with van der Waals surface area (Å²) in [6, 6.07) is 18.0. The van der Waals surface area contributed by atoms with E-state index in [2.05, 4.69) is 32.5 Å². The van der Waals surface area contributed by atoms with E-state index in [1.54, 1.807) is 0 Å². The Balaban J connectivity index is 1.31. The van der Waals surface area contributed by atoms with Crippen LogP contribution in [0.5, 0.6) is 0 Å². The average molecular weight is 550 g/mol. The highest BCUT2D eigenvalue weighted by Gasteiger charge is 2.25. The van der Waals surface area contributed by atoms with E-state index in [4.69, 9.17) is 11.6 Å². The number of fused-ring (bicyclic) bond motifs is 3. The fourth-order valence-corrected chi connectivity index (χ4v) is 5.31. The molecule has 7 nitrogen and oxygen atoms in total. The van der Waals surface area contributed by atoms with Gasteiger partial charge in [-0.15, -0.1) is 0 Å². The second kappa shape index (κ2) is 12.2. The Hall–Kier alpha value is -3.46. The molecule has 39 heavy (non-hydrogen) atoms. The van der Waals surface area contributed by atoms with Crippen LogP contribution < -0.4 is 10.6 Å². The number of aromatic amines is 1. The summed E-state index contributed by atoms with van der Waals surface area (Å²) in [7, 11) is 2.11. The van der Waals surface area contributed by atoms with Crippen molar-refractivity contribution >= 4 is 45.2 Å². The lowest BCUT2D eigenvalue weighted by molar-refractivity contribution is -0.128. The Bertz CT molecular complexity index is 1480. The summed E-state index contributed by atoms with van der Waals surface area (Å²) in [5.74, 6) is -1.74. The number of halogens is 2. The zero-order chi connectivity index (χ0) is 27.4. The van der Waals surface area contributed by atoms with Crippen molar-refractivity contribution in [2.45, 2.75) is 18.9 Å². The topological polar surface area (TPSA) is 80.5 Å². The van der Waals surface area contributed by atoms with Crippen LogP contribution in [0.1, 0.15) is 23.5 Å². The number of H-pyrrole nitrogens is 1. The van der Waals surface area contributed by atoms with E-state index in [9.17, 15) is 14.0 Å². The Kier molecular flexibility index (Phi) is 8.45. The van der Waals surface area contributed by atoms with Gasteiger partial charge in [-0.25, -0.2) is 4.39 Å². The number of para-hydroxylation sites is 1. The summed E-state index contributed by atoms with van der Waals surface area (Å²) in [6.07, 6.45) is -0.0155. The van der Waals surface area contributed by atoms with Crippen LogP contribution in [0.2, 0.25) is 5.02 Å². The second-order valence-electron chi connectivity index (χ2n) is 10.2. The van der Waals surface area contributed by atoms with Gasteiger partial charge >= 0.3 is 0 Å². The molecule has 1 aliphatic rings. The van der Waals surface area contributed by atoms with Crippen LogP contribution in [0.25, 0.3) is 21.8 Å². The minimum atomic E-state index is -0.744. The van der Waals surface area contributed by atoms with Crippen LogP contribution in [-0.2, 0) is 16.1 Å². The summed E-state index contributed by atoms with van der Waals surface area (Å²) >= 11 is 6.02. The van der Waals surface area contributed by atoms with Gasteiger partial charge in [0, 0.05) is 84.6 Å². The monoisotopic (exact) mass is 549 g/mol. The fraction of sp³-hybridized carbons (Fsp3) is 0.333. The molecule has 9 heteroatoms. The van der Waals surface area contributed by atoms with Gasteiger partial charge in [-0.2, -0.15) is 0 Å². The number of nitrogens with one attached hydrogen (secondary N) is 3. The van der Waals surface area contributed by atoms with Crippen LogP contribution in [0, 0.1) is 5.82 Å². The lowest BCUT2D eigenvalue weighted by Gasteiger charge is -2.32. The van der Waals surface area contributed by atoms with Gasteiger partial charge in [0.25, 0.3) is 0 Å². The minimum absolute atomic E-state index is 0.0155. The predicted octanol–water partition coefficient (Wildman–Crippen LogP) is 4.27. The zero-order valence-corrected chi connectivity index (χ0v) is 22.7. The van der Waals surface area contributed by atoms with E-state index >= 15 is 0 Å². The number of carbonyl (C=O) groups excluding carboxylic acids is 2. The summed E-state index contributed by atoms with van der Waals surface area (Å²) < 4.78 is 14.3. The molecule has 5 rings (SSSR count). The zero-order valence-electron chi connectivity index (χ0n) is 22.0. The molecular formula is C30H33ClFN5O2. The Morgan fingerprint density at radius 2 is 1.74 bits per heavy atom. The normalized spacial score (nSPS) is 15.5. The molecule has 2 heterocycles. The number of aromatic nitrogens is 1. The molecule has 1 aliphatic heterocycles. The van der Waals surface area contributed by atoms with Crippen LogP contribution >= 0.6 is 11.6 Å². The van der Waals surface area contributed by atoms with Gasteiger partial charge in [0.05, 0.1) is 5.92 Å². The third-order valence-electron chi connectivity index (χ3n) is 7.45. The maximum atomic E-state index is 14.3. The van der Waals surface area contributed by atoms with E-state index in [1.165, 1.54) is 18.2 Å². The summed E-state index contributed by atoms with van der Waals surface area (Å²) in [4.78, 5) is 34.5. The molecule has 1 aromatic heterocycles. The van der Waals surface area contributed by atoms with Crippen molar-refractivity contribution in [1.29, 1.82) is 0 Å². The van der Waals surface area contributed by atoms with Gasteiger partial charge in [0.15, 0.2) is 0 Å². The highest BCUT2D eigenvalue weighted by molar-refractivity contribution is 6.30. The molecule has 0 spiro atoms. The first-order valence-corrected chi connectivity index (χ1v) is 13.6. The largest absolute Gasteiger partial charge is 0.355 e. The molecule has 2 amide bonds. The lowest BCUT2D eigenvalue weighted by Crippen LogP contribution is -2.47. The van der Waals surface area contributed by atoms with Gasteiger partial charge in [-0.05, 0) is 42.9 Å². The van der Waals surface area contributed by atoms with Crippen molar-refractivity contribution in [3.63, 3.8) is 0 Å². The Labute approximate surface area is 232 Å². The summed E-state index contributed by atoms with van der Waals surface area (Å²) in [6.45, 7) is 5.24. The van der Waals surface area contributed by atoms with Gasteiger partial charge in [-0.1, -0.05) is 41.9 Å². The number of nitrogens with zero attached hydrogens (tertiary/aromatic N) is 2. The molecule has 0 saturated carbocycles. The molecule has 1 atom stereocenters. The SMILES string of the molecule is CN1CCN(CCNC(=O)CC(C(=O)NCc2cc(Cl)ccc2F)c2ccc3c(c2)[nH]c2ccccc23)CC1. The second-order valence-corrected chi connectivity index (χ2v) is 10.6. The fourth-order valence-electron chi connectivity index (χ4n) is 5.12. The number of amides is 2. The van der Waals surface area contributed by atoms with E-state index in [1.807, 2.05) is 42.5 Å². The van der Waals surface area contributed by atoms with Crippen molar-refractivity contribution in [2.24, 2.45) is 0 Å². The quantitative estimate of drug-likeness (QED) is 0.291.